The second-order valence-corrected chi connectivity index (χ2v) is 6.63. The van der Waals surface area contributed by atoms with Crippen molar-refractivity contribution < 1.29 is 28.2 Å². The molecule has 6 nitrogen and oxygen atoms in total. The fraction of sp³-hybridized carbons (Fsp3) is 0.238. The molecule has 0 fully saturated rings. The molecule has 154 valence electrons. The Balaban J connectivity index is 2.31. The largest absolute Gasteiger partial charge is 0.503 e. The van der Waals surface area contributed by atoms with Crippen molar-refractivity contribution in [1.29, 1.82) is 0 Å². The zero-order valence-electron chi connectivity index (χ0n) is 16.3. The van der Waals surface area contributed by atoms with Crippen LogP contribution in [-0.4, -0.2) is 39.6 Å². The van der Waals surface area contributed by atoms with E-state index in [0.29, 0.717) is 22.4 Å². The van der Waals surface area contributed by atoms with E-state index in [1.807, 2.05) is 6.07 Å². The summed E-state index contributed by atoms with van der Waals surface area (Å²) in [6.07, 6.45) is 1.31. The predicted molar refractivity (Wildman–Crippen MR) is 111 cm³/mol. The Kier molecular flexibility index (Phi) is 8.82. The molecule has 2 aromatic rings. The highest BCUT2D eigenvalue weighted by Gasteiger charge is 2.19. The number of oxime groups is 1. The molecular weight excluding hydrogens is 445 g/mol. The lowest BCUT2D eigenvalue weighted by atomic mass is 10.0. The number of rotatable bonds is 9. The highest BCUT2D eigenvalue weighted by molar-refractivity contribution is 9.10. The fourth-order valence-corrected chi connectivity index (χ4v) is 3.00. The van der Waals surface area contributed by atoms with Crippen LogP contribution in [0.4, 0.5) is 4.39 Å². The molecule has 0 atom stereocenters. The lowest BCUT2D eigenvalue weighted by Gasteiger charge is -2.13. The van der Waals surface area contributed by atoms with Crippen LogP contribution in [0, 0.1) is 5.82 Å². The summed E-state index contributed by atoms with van der Waals surface area (Å²) < 4.78 is 28.9. The second kappa shape index (κ2) is 11.3. The normalized spacial score (nSPS) is 11.9. The minimum absolute atomic E-state index is 0.0587. The highest BCUT2D eigenvalue weighted by Crippen LogP contribution is 2.28. The Labute approximate surface area is 177 Å². The maximum absolute atomic E-state index is 13.2. The molecule has 0 aliphatic rings. The molecule has 0 saturated heterocycles. The molecule has 0 aromatic heterocycles. The van der Waals surface area contributed by atoms with E-state index in [0.717, 1.165) is 4.47 Å². The van der Waals surface area contributed by atoms with E-state index in [4.69, 9.17) is 19.0 Å². The maximum atomic E-state index is 13.2. The molecule has 2 rings (SSSR count). The molecule has 0 aliphatic heterocycles. The molecule has 0 saturated carbocycles. The van der Waals surface area contributed by atoms with Gasteiger partial charge in [-0.25, -0.2) is 9.18 Å². The third-order valence-corrected chi connectivity index (χ3v) is 4.64. The number of nitrogens with zero attached hydrogens (tertiary/aromatic N) is 1. The maximum Gasteiger partial charge on any atom is 0.341 e. The zero-order chi connectivity index (χ0) is 21.2. The molecule has 0 aliphatic carbocycles. The van der Waals surface area contributed by atoms with Crippen molar-refractivity contribution in [3.63, 3.8) is 0 Å². The van der Waals surface area contributed by atoms with Gasteiger partial charge >= 0.3 is 5.97 Å². The second-order valence-electron chi connectivity index (χ2n) is 5.78. The number of hydrogen-bond acceptors (Lipinski definition) is 6. The number of carbonyl (C=O) groups excluding carboxylic acids is 1. The van der Waals surface area contributed by atoms with Gasteiger partial charge in [0.05, 0.1) is 27.1 Å². The van der Waals surface area contributed by atoms with Crippen LogP contribution < -0.4 is 0 Å². The van der Waals surface area contributed by atoms with Crippen molar-refractivity contribution in [2.45, 2.75) is 6.61 Å². The molecule has 0 unspecified atom stereocenters. The van der Waals surface area contributed by atoms with Crippen LogP contribution in [0.1, 0.15) is 16.7 Å². The van der Waals surface area contributed by atoms with Gasteiger partial charge in [0, 0.05) is 22.7 Å². The topological polar surface area (TPSA) is 66.4 Å². The van der Waals surface area contributed by atoms with Crippen molar-refractivity contribution in [2.24, 2.45) is 5.16 Å². The lowest BCUT2D eigenvalue weighted by molar-refractivity contribution is -0.133. The van der Waals surface area contributed by atoms with E-state index < -0.39 is 5.97 Å². The first kappa shape index (κ1) is 22.6. The standard InChI is InChI=1S/C21H21BrFNO5/c1-26-11-18(21(25)28-3)16-5-4-6-19(22)17(16)12-29-24-20(13-27-2)14-7-9-15(23)10-8-14/h4-11H,12-13H2,1-3H3/b18-11+,24-20+. The van der Waals surface area contributed by atoms with Gasteiger partial charge < -0.3 is 19.0 Å². The van der Waals surface area contributed by atoms with Gasteiger partial charge in [-0.3, -0.25) is 0 Å². The van der Waals surface area contributed by atoms with E-state index in [9.17, 15) is 9.18 Å². The molecule has 0 N–H and O–H groups in total. The molecule has 0 heterocycles. The Bertz CT molecular complexity index is 896. The van der Waals surface area contributed by atoms with Gasteiger partial charge in [0.2, 0.25) is 0 Å². The van der Waals surface area contributed by atoms with Gasteiger partial charge in [0.15, 0.2) is 0 Å². The van der Waals surface area contributed by atoms with Crippen molar-refractivity contribution in [3.8, 4) is 0 Å². The van der Waals surface area contributed by atoms with Crippen molar-refractivity contribution in [3.05, 3.63) is 75.7 Å². The number of halogens is 2. The van der Waals surface area contributed by atoms with Gasteiger partial charge in [-0.1, -0.05) is 45.4 Å². The Morgan fingerprint density at radius 2 is 1.86 bits per heavy atom. The molecule has 29 heavy (non-hydrogen) atoms. The van der Waals surface area contributed by atoms with E-state index >= 15 is 0 Å². The molecule has 8 heteroatoms. The van der Waals surface area contributed by atoms with E-state index in [1.54, 1.807) is 24.3 Å². The number of carbonyl (C=O) groups is 1. The summed E-state index contributed by atoms with van der Waals surface area (Å²) in [4.78, 5) is 17.7. The predicted octanol–water partition coefficient (Wildman–Crippen LogP) is 4.32. The molecule has 0 radical (unpaired) electrons. The lowest BCUT2D eigenvalue weighted by Crippen LogP contribution is -2.11. The van der Waals surface area contributed by atoms with Gasteiger partial charge in [-0.05, 0) is 23.8 Å². The van der Waals surface area contributed by atoms with Crippen molar-refractivity contribution >= 4 is 33.2 Å². The molecule has 2 aromatic carbocycles. The van der Waals surface area contributed by atoms with Gasteiger partial charge in [0.1, 0.15) is 23.7 Å². The number of ether oxygens (including phenoxy) is 3. The SMILES string of the molecule is CO/C=C(/C(=O)OC)c1cccc(Br)c1CO/N=C(\COC)c1ccc(F)cc1. The Morgan fingerprint density at radius 1 is 1.14 bits per heavy atom. The van der Waals surface area contributed by atoms with Crippen LogP contribution in [0.3, 0.4) is 0 Å². The smallest absolute Gasteiger partial charge is 0.341 e. The third kappa shape index (κ3) is 6.13. The molecule has 0 amide bonds. The van der Waals surface area contributed by atoms with Crippen LogP contribution in [-0.2, 0) is 30.4 Å². The van der Waals surface area contributed by atoms with E-state index in [1.165, 1.54) is 39.7 Å². The minimum atomic E-state index is -0.541. The van der Waals surface area contributed by atoms with Crippen LogP contribution in [0.2, 0.25) is 0 Å². The summed E-state index contributed by atoms with van der Waals surface area (Å²) in [5.41, 5.74) is 2.69. The highest BCUT2D eigenvalue weighted by atomic mass is 79.9. The van der Waals surface area contributed by atoms with E-state index in [2.05, 4.69) is 21.1 Å². The first-order valence-electron chi connectivity index (χ1n) is 8.54. The van der Waals surface area contributed by atoms with Crippen LogP contribution in [0.5, 0.6) is 0 Å². The van der Waals surface area contributed by atoms with Gasteiger partial charge in [0.25, 0.3) is 0 Å². The first-order valence-corrected chi connectivity index (χ1v) is 9.33. The zero-order valence-corrected chi connectivity index (χ0v) is 17.9. The summed E-state index contributed by atoms with van der Waals surface area (Å²) in [6, 6.07) is 11.2. The average molecular weight is 466 g/mol. The van der Waals surface area contributed by atoms with Crippen molar-refractivity contribution in [1.82, 2.24) is 0 Å². The van der Waals surface area contributed by atoms with E-state index in [-0.39, 0.29) is 24.6 Å². The van der Waals surface area contributed by atoms with Gasteiger partial charge in [-0.2, -0.15) is 0 Å². The fourth-order valence-electron chi connectivity index (χ4n) is 2.52. The summed E-state index contributed by atoms with van der Waals surface area (Å²) in [5, 5.41) is 4.14. The summed E-state index contributed by atoms with van der Waals surface area (Å²) in [6.45, 7) is 0.245. The number of esters is 1. The quantitative estimate of drug-likeness (QED) is 0.181. The Hall–Kier alpha value is -2.71. The average Bonchev–Trinajstić information content (AvgIpc) is 2.72. The summed E-state index contributed by atoms with van der Waals surface area (Å²) in [7, 11) is 4.27. The molecule has 0 spiro atoms. The number of methoxy groups -OCH3 is 3. The third-order valence-electron chi connectivity index (χ3n) is 3.89. The number of benzene rings is 2. The Morgan fingerprint density at radius 3 is 2.48 bits per heavy atom. The van der Waals surface area contributed by atoms with Gasteiger partial charge in [-0.15, -0.1) is 0 Å². The monoisotopic (exact) mass is 465 g/mol. The summed E-state index contributed by atoms with van der Waals surface area (Å²) >= 11 is 3.47. The van der Waals surface area contributed by atoms with Crippen LogP contribution in [0.25, 0.3) is 5.57 Å². The van der Waals surface area contributed by atoms with Crippen LogP contribution in [0.15, 0.2) is 58.4 Å². The van der Waals surface area contributed by atoms with Crippen LogP contribution >= 0.6 is 15.9 Å². The summed E-state index contributed by atoms with van der Waals surface area (Å²) in [5.74, 6) is -0.884. The first-order chi connectivity index (χ1) is 14.0. The minimum Gasteiger partial charge on any atom is -0.503 e. The molecule has 0 bridgehead atoms. The number of hydrogen-bond donors (Lipinski definition) is 0. The molecular formula is C21H21BrFNO5. The van der Waals surface area contributed by atoms with Crippen molar-refractivity contribution in [2.75, 3.05) is 27.9 Å².